The number of benzene rings is 1. The maximum Gasteiger partial charge on any atom is 0.243 e. The molecule has 0 bridgehead atoms. The van der Waals surface area contributed by atoms with Gasteiger partial charge in [0.1, 0.15) is 11.8 Å². The van der Waals surface area contributed by atoms with Crippen LogP contribution in [0.3, 0.4) is 0 Å². The lowest BCUT2D eigenvalue weighted by atomic mass is 10.2. The third kappa shape index (κ3) is 3.36. The number of anilines is 1. The van der Waals surface area contributed by atoms with E-state index in [1.165, 1.54) is 7.11 Å². The van der Waals surface area contributed by atoms with Crippen LogP contribution in [0.2, 0.25) is 5.02 Å². The molecule has 3 N–H and O–H groups in total. The van der Waals surface area contributed by atoms with Crippen molar-refractivity contribution in [3.8, 4) is 5.75 Å². The largest absolute Gasteiger partial charge is 0.495 e. The number of nitrogens with one attached hydrogen (secondary N) is 3. The van der Waals surface area contributed by atoms with E-state index in [0.717, 1.165) is 0 Å². The molecule has 0 aliphatic carbocycles. The second kappa shape index (κ2) is 5.90. The fraction of sp³-hybridized carbons (Fsp3) is 0.333. The number of hydrogen-bond donors (Lipinski definition) is 3. The summed E-state index contributed by atoms with van der Waals surface area (Å²) in [6.45, 7) is 0.387. The highest BCUT2D eigenvalue weighted by Crippen LogP contribution is 2.27. The van der Waals surface area contributed by atoms with Gasteiger partial charge in [0, 0.05) is 11.6 Å². The summed E-state index contributed by atoms with van der Waals surface area (Å²) < 4.78 is 5.14. The summed E-state index contributed by atoms with van der Waals surface area (Å²) in [6, 6.07) is 4.49. The Balaban J connectivity index is 2.06. The van der Waals surface area contributed by atoms with Gasteiger partial charge in [-0.15, -0.1) is 0 Å². The standard InChI is InChI=1S/C12H14ClN3O3/c1-19-10-3-2-7(13)4-8(10)16-12(18)9-5-15-11(17)6-14-9/h2-4,9,14H,5-6H2,1H3,(H,15,17)(H,16,18). The zero-order chi connectivity index (χ0) is 13.8. The van der Waals surface area contributed by atoms with E-state index in [1.54, 1.807) is 18.2 Å². The van der Waals surface area contributed by atoms with Crippen LogP contribution in [0.25, 0.3) is 0 Å². The van der Waals surface area contributed by atoms with Crippen LogP contribution in [-0.2, 0) is 9.59 Å². The quantitative estimate of drug-likeness (QED) is 0.749. The highest BCUT2D eigenvalue weighted by Gasteiger charge is 2.24. The summed E-state index contributed by atoms with van der Waals surface area (Å²) in [6.07, 6.45) is 0. The predicted octanol–water partition coefficient (Wildman–Crippen LogP) is 0.375. The summed E-state index contributed by atoms with van der Waals surface area (Å²) in [4.78, 5) is 23.0. The normalized spacial score (nSPS) is 18.6. The second-order valence-electron chi connectivity index (χ2n) is 4.07. The molecule has 1 aliphatic heterocycles. The van der Waals surface area contributed by atoms with Gasteiger partial charge in [-0.2, -0.15) is 0 Å². The summed E-state index contributed by atoms with van der Waals surface area (Å²) in [5, 5.41) is 8.69. The molecule has 2 amide bonds. The van der Waals surface area contributed by atoms with E-state index in [2.05, 4.69) is 16.0 Å². The Kier molecular flexibility index (Phi) is 4.24. The molecule has 0 saturated carbocycles. The van der Waals surface area contributed by atoms with Gasteiger partial charge in [-0.1, -0.05) is 11.6 Å². The van der Waals surface area contributed by atoms with Crippen molar-refractivity contribution in [2.75, 3.05) is 25.5 Å². The molecule has 1 aromatic rings. The smallest absolute Gasteiger partial charge is 0.243 e. The number of carbonyl (C=O) groups is 2. The maximum absolute atomic E-state index is 12.0. The average molecular weight is 284 g/mol. The molecule has 19 heavy (non-hydrogen) atoms. The van der Waals surface area contributed by atoms with Crippen LogP contribution in [0.1, 0.15) is 0 Å². The molecular weight excluding hydrogens is 270 g/mol. The highest BCUT2D eigenvalue weighted by molar-refractivity contribution is 6.31. The molecule has 1 saturated heterocycles. The number of ether oxygens (including phenoxy) is 1. The van der Waals surface area contributed by atoms with Gasteiger partial charge in [-0.25, -0.2) is 0 Å². The molecule has 1 unspecified atom stereocenters. The Bertz CT molecular complexity index is 497. The van der Waals surface area contributed by atoms with E-state index in [-0.39, 0.29) is 24.9 Å². The van der Waals surface area contributed by atoms with Gasteiger partial charge in [0.05, 0.1) is 19.3 Å². The van der Waals surface area contributed by atoms with Crippen LogP contribution in [0.5, 0.6) is 5.75 Å². The lowest BCUT2D eigenvalue weighted by Crippen LogP contribution is -2.56. The van der Waals surface area contributed by atoms with Crippen LogP contribution in [0.4, 0.5) is 5.69 Å². The molecule has 0 aromatic heterocycles. The average Bonchev–Trinajstić information content (AvgIpc) is 2.39. The number of piperazine rings is 1. The molecule has 1 aromatic carbocycles. The van der Waals surface area contributed by atoms with Crippen molar-refractivity contribution in [1.29, 1.82) is 0 Å². The number of hydrogen-bond acceptors (Lipinski definition) is 4. The minimum atomic E-state index is -0.471. The van der Waals surface area contributed by atoms with Crippen molar-refractivity contribution < 1.29 is 14.3 Å². The molecule has 6 nitrogen and oxygen atoms in total. The minimum Gasteiger partial charge on any atom is -0.495 e. The summed E-state index contributed by atoms with van der Waals surface area (Å²) in [5.41, 5.74) is 0.499. The fourth-order valence-corrected chi connectivity index (χ4v) is 1.92. The number of halogens is 1. The van der Waals surface area contributed by atoms with Gasteiger partial charge in [-0.3, -0.25) is 14.9 Å². The lowest BCUT2D eigenvalue weighted by molar-refractivity contribution is -0.124. The molecule has 102 valence electrons. The van der Waals surface area contributed by atoms with E-state index in [9.17, 15) is 9.59 Å². The third-order valence-corrected chi connectivity index (χ3v) is 2.98. The Labute approximate surface area is 115 Å². The molecule has 0 spiro atoms. The van der Waals surface area contributed by atoms with Crippen LogP contribution in [0, 0.1) is 0 Å². The monoisotopic (exact) mass is 283 g/mol. The van der Waals surface area contributed by atoms with Gasteiger partial charge in [0.15, 0.2) is 0 Å². The highest BCUT2D eigenvalue weighted by atomic mass is 35.5. The lowest BCUT2D eigenvalue weighted by Gasteiger charge is -2.23. The van der Waals surface area contributed by atoms with Gasteiger partial charge in [-0.05, 0) is 18.2 Å². The zero-order valence-electron chi connectivity index (χ0n) is 10.3. The Morgan fingerprint density at radius 3 is 2.95 bits per heavy atom. The van der Waals surface area contributed by atoms with E-state index in [1.807, 2.05) is 0 Å². The Morgan fingerprint density at radius 2 is 2.32 bits per heavy atom. The minimum absolute atomic E-state index is 0.121. The van der Waals surface area contributed by atoms with Crippen molar-refractivity contribution in [1.82, 2.24) is 10.6 Å². The topological polar surface area (TPSA) is 79.5 Å². The van der Waals surface area contributed by atoms with Crippen molar-refractivity contribution in [3.05, 3.63) is 23.2 Å². The van der Waals surface area contributed by atoms with Gasteiger partial charge in [0.25, 0.3) is 0 Å². The number of amides is 2. The molecular formula is C12H14ClN3O3. The van der Waals surface area contributed by atoms with Gasteiger partial charge >= 0.3 is 0 Å². The first-order valence-corrected chi connectivity index (χ1v) is 6.12. The van der Waals surface area contributed by atoms with E-state index in [4.69, 9.17) is 16.3 Å². The third-order valence-electron chi connectivity index (χ3n) is 2.75. The number of rotatable bonds is 3. The molecule has 0 radical (unpaired) electrons. The van der Waals surface area contributed by atoms with Crippen molar-refractivity contribution in [2.45, 2.75) is 6.04 Å². The van der Waals surface area contributed by atoms with E-state index >= 15 is 0 Å². The van der Waals surface area contributed by atoms with Gasteiger partial charge in [0.2, 0.25) is 11.8 Å². The van der Waals surface area contributed by atoms with E-state index < -0.39 is 6.04 Å². The molecule has 2 rings (SSSR count). The first-order chi connectivity index (χ1) is 9.10. The Morgan fingerprint density at radius 1 is 1.53 bits per heavy atom. The van der Waals surface area contributed by atoms with Gasteiger partial charge < -0.3 is 15.4 Å². The maximum atomic E-state index is 12.0. The fourth-order valence-electron chi connectivity index (χ4n) is 1.75. The number of carbonyl (C=O) groups excluding carboxylic acids is 2. The first kappa shape index (κ1) is 13.6. The van der Waals surface area contributed by atoms with Crippen LogP contribution in [-0.4, -0.2) is 38.1 Å². The van der Waals surface area contributed by atoms with Crippen molar-refractivity contribution in [2.24, 2.45) is 0 Å². The molecule has 1 aliphatic rings. The van der Waals surface area contributed by atoms with Crippen LogP contribution >= 0.6 is 11.6 Å². The summed E-state index contributed by atoms with van der Waals surface area (Å²) in [5.74, 6) is 0.155. The predicted molar refractivity (Wildman–Crippen MR) is 71.4 cm³/mol. The van der Waals surface area contributed by atoms with Crippen LogP contribution in [0.15, 0.2) is 18.2 Å². The zero-order valence-corrected chi connectivity index (χ0v) is 11.1. The van der Waals surface area contributed by atoms with Crippen LogP contribution < -0.4 is 20.7 Å². The van der Waals surface area contributed by atoms with Crippen molar-refractivity contribution in [3.63, 3.8) is 0 Å². The summed E-state index contributed by atoms with van der Waals surface area (Å²) in [7, 11) is 1.51. The molecule has 1 fully saturated rings. The molecule has 1 atom stereocenters. The Hall–Kier alpha value is -1.79. The number of methoxy groups -OCH3 is 1. The second-order valence-corrected chi connectivity index (χ2v) is 4.51. The molecule has 7 heteroatoms. The first-order valence-electron chi connectivity index (χ1n) is 5.74. The summed E-state index contributed by atoms with van der Waals surface area (Å²) >= 11 is 5.88. The van der Waals surface area contributed by atoms with Crippen molar-refractivity contribution >= 4 is 29.1 Å². The SMILES string of the molecule is COc1ccc(Cl)cc1NC(=O)C1CNC(=O)CN1. The van der Waals surface area contributed by atoms with E-state index in [0.29, 0.717) is 16.5 Å². The molecule has 1 heterocycles.